The molecule has 0 bridgehead atoms. The molecule has 0 spiro atoms. The van der Waals surface area contributed by atoms with Gasteiger partial charge in [0.1, 0.15) is 0 Å². The average molecular weight is 223 g/mol. The standard InChI is InChI=1S/C13H21NS/c1-10(2)5-4-8-15-13-7-6-12(14)9-11(13)3/h6-7,9-10H,4-5,8,14H2,1-3H3. The van der Waals surface area contributed by atoms with Crippen LogP contribution in [0.1, 0.15) is 32.3 Å². The zero-order valence-corrected chi connectivity index (χ0v) is 10.7. The van der Waals surface area contributed by atoms with Crippen molar-refractivity contribution in [2.24, 2.45) is 5.92 Å². The van der Waals surface area contributed by atoms with Gasteiger partial charge >= 0.3 is 0 Å². The van der Waals surface area contributed by atoms with Crippen LogP contribution in [0.2, 0.25) is 0 Å². The first-order chi connectivity index (χ1) is 7.09. The number of anilines is 1. The summed E-state index contributed by atoms with van der Waals surface area (Å²) in [5.74, 6) is 2.03. The van der Waals surface area contributed by atoms with E-state index in [-0.39, 0.29) is 0 Å². The van der Waals surface area contributed by atoms with E-state index in [1.165, 1.54) is 29.1 Å². The van der Waals surface area contributed by atoms with Crippen molar-refractivity contribution in [3.63, 3.8) is 0 Å². The average Bonchev–Trinajstić information content (AvgIpc) is 2.14. The van der Waals surface area contributed by atoms with Gasteiger partial charge in [0.25, 0.3) is 0 Å². The maximum Gasteiger partial charge on any atom is 0.0317 e. The van der Waals surface area contributed by atoms with Gasteiger partial charge in [-0.3, -0.25) is 0 Å². The van der Waals surface area contributed by atoms with Crippen LogP contribution in [-0.2, 0) is 0 Å². The van der Waals surface area contributed by atoms with E-state index in [0.717, 1.165) is 11.6 Å². The van der Waals surface area contributed by atoms with E-state index in [4.69, 9.17) is 5.73 Å². The van der Waals surface area contributed by atoms with E-state index < -0.39 is 0 Å². The number of aryl methyl sites for hydroxylation is 1. The number of nitrogen functional groups attached to an aromatic ring is 1. The first kappa shape index (κ1) is 12.4. The van der Waals surface area contributed by atoms with Crippen molar-refractivity contribution in [3.8, 4) is 0 Å². The minimum Gasteiger partial charge on any atom is -0.399 e. The van der Waals surface area contributed by atoms with E-state index in [2.05, 4.69) is 26.8 Å². The summed E-state index contributed by atoms with van der Waals surface area (Å²) in [5.41, 5.74) is 7.87. The van der Waals surface area contributed by atoms with Crippen molar-refractivity contribution < 1.29 is 0 Å². The van der Waals surface area contributed by atoms with Crippen molar-refractivity contribution in [2.75, 3.05) is 11.5 Å². The van der Waals surface area contributed by atoms with Crippen LogP contribution in [0.25, 0.3) is 0 Å². The lowest BCUT2D eigenvalue weighted by molar-refractivity contribution is 0.579. The number of nitrogens with two attached hydrogens (primary N) is 1. The highest BCUT2D eigenvalue weighted by atomic mass is 32.2. The fraction of sp³-hybridized carbons (Fsp3) is 0.538. The summed E-state index contributed by atoms with van der Waals surface area (Å²) < 4.78 is 0. The number of thioether (sulfide) groups is 1. The first-order valence-corrected chi connectivity index (χ1v) is 6.57. The van der Waals surface area contributed by atoms with Crippen molar-refractivity contribution in [2.45, 2.75) is 38.5 Å². The second-order valence-corrected chi connectivity index (χ2v) is 5.55. The van der Waals surface area contributed by atoms with Crippen LogP contribution in [0.4, 0.5) is 5.69 Å². The molecular formula is C13H21NS. The number of hydrogen-bond donors (Lipinski definition) is 1. The Bertz CT molecular complexity index is 307. The topological polar surface area (TPSA) is 26.0 Å². The van der Waals surface area contributed by atoms with E-state index in [0.29, 0.717) is 0 Å². The molecule has 1 aromatic rings. The summed E-state index contributed by atoms with van der Waals surface area (Å²) >= 11 is 1.94. The van der Waals surface area contributed by atoms with Crippen LogP contribution in [-0.4, -0.2) is 5.75 Å². The van der Waals surface area contributed by atoms with Gasteiger partial charge in [-0.25, -0.2) is 0 Å². The molecule has 0 aromatic heterocycles. The first-order valence-electron chi connectivity index (χ1n) is 5.58. The van der Waals surface area contributed by atoms with Crippen molar-refractivity contribution in [1.82, 2.24) is 0 Å². The van der Waals surface area contributed by atoms with E-state index in [1.807, 2.05) is 23.9 Å². The Morgan fingerprint density at radius 3 is 2.67 bits per heavy atom. The largest absolute Gasteiger partial charge is 0.399 e. The van der Waals surface area contributed by atoms with Gasteiger partial charge < -0.3 is 5.73 Å². The Balaban J connectivity index is 2.37. The number of rotatable bonds is 5. The third-order valence-corrected chi connectivity index (χ3v) is 3.64. The molecule has 15 heavy (non-hydrogen) atoms. The van der Waals surface area contributed by atoms with Crippen LogP contribution >= 0.6 is 11.8 Å². The van der Waals surface area contributed by atoms with Crippen LogP contribution in [0, 0.1) is 12.8 Å². The highest BCUT2D eigenvalue weighted by Gasteiger charge is 2.00. The SMILES string of the molecule is Cc1cc(N)ccc1SCCCC(C)C. The monoisotopic (exact) mass is 223 g/mol. The summed E-state index contributed by atoms with van der Waals surface area (Å²) in [6.07, 6.45) is 2.62. The predicted octanol–water partition coefficient (Wildman–Crippen LogP) is 4.11. The summed E-state index contributed by atoms with van der Waals surface area (Å²) in [7, 11) is 0. The van der Waals surface area contributed by atoms with Crippen LogP contribution in [0.3, 0.4) is 0 Å². The van der Waals surface area contributed by atoms with Crippen molar-refractivity contribution >= 4 is 17.4 Å². The van der Waals surface area contributed by atoms with Gasteiger partial charge in [-0.1, -0.05) is 20.3 Å². The summed E-state index contributed by atoms with van der Waals surface area (Å²) in [6.45, 7) is 6.68. The third-order valence-electron chi connectivity index (χ3n) is 2.38. The number of hydrogen-bond acceptors (Lipinski definition) is 2. The van der Waals surface area contributed by atoms with Gasteiger partial charge in [0, 0.05) is 10.6 Å². The highest BCUT2D eigenvalue weighted by molar-refractivity contribution is 7.99. The number of benzene rings is 1. The fourth-order valence-electron chi connectivity index (χ4n) is 1.51. The maximum atomic E-state index is 5.71. The minimum absolute atomic E-state index is 0.818. The molecule has 0 radical (unpaired) electrons. The molecule has 0 saturated carbocycles. The Hall–Kier alpha value is -0.630. The lowest BCUT2D eigenvalue weighted by Gasteiger charge is -2.07. The second-order valence-electron chi connectivity index (χ2n) is 4.41. The Morgan fingerprint density at radius 1 is 1.33 bits per heavy atom. The molecule has 84 valence electrons. The summed E-state index contributed by atoms with van der Waals surface area (Å²) in [5, 5.41) is 0. The molecule has 0 aliphatic rings. The smallest absolute Gasteiger partial charge is 0.0317 e. The van der Waals surface area contributed by atoms with Gasteiger partial charge in [-0.15, -0.1) is 11.8 Å². The van der Waals surface area contributed by atoms with E-state index >= 15 is 0 Å². The van der Waals surface area contributed by atoms with Gasteiger partial charge in [0.2, 0.25) is 0 Å². The minimum atomic E-state index is 0.818. The Morgan fingerprint density at radius 2 is 2.07 bits per heavy atom. The molecule has 0 saturated heterocycles. The zero-order chi connectivity index (χ0) is 11.3. The van der Waals surface area contributed by atoms with Gasteiger partial charge in [-0.05, 0) is 48.8 Å². The molecule has 0 aliphatic carbocycles. The summed E-state index contributed by atoms with van der Waals surface area (Å²) in [4.78, 5) is 1.37. The van der Waals surface area contributed by atoms with Crippen LogP contribution in [0.5, 0.6) is 0 Å². The van der Waals surface area contributed by atoms with E-state index in [1.54, 1.807) is 0 Å². The van der Waals surface area contributed by atoms with Gasteiger partial charge in [0.05, 0.1) is 0 Å². The third kappa shape index (κ3) is 4.61. The molecule has 0 aliphatic heterocycles. The maximum absolute atomic E-state index is 5.71. The molecule has 0 heterocycles. The molecule has 1 aromatic carbocycles. The van der Waals surface area contributed by atoms with Gasteiger partial charge in [-0.2, -0.15) is 0 Å². The van der Waals surface area contributed by atoms with Crippen molar-refractivity contribution in [1.29, 1.82) is 0 Å². The van der Waals surface area contributed by atoms with Gasteiger partial charge in [0.15, 0.2) is 0 Å². The molecule has 1 rings (SSSR count). The van der Waals surface area contributed by atoms with E-state index in [9.17, 15) is 0 Å². The molecule has 2 N–H and O–H groups in total. The highest BCUT2D eigenvalue weighted by Crippen LogP contribution is 2.25. The molecule has 1 nitrogen and oxygen atoms in total. The van der Waals surface area contributed by atoms with Crippen LogP contribution in [0.15, 0.2) is 23.1 Å². The molecule has 0 atom stereocenters. The fourth-order valence-corrected chi connectivity index (χ4v) is 2.49. The quantitative estimate of drug-likeness (QED) is 0.462. The summed E-state index contributed by atoms with van der Waals surface area (Å²) in [6, 6.07) is 6.16. The lowest BCUT2D eigenvalue weighted by atomic mass is 10.1. The van der Waals surface area contributed by atoms with Crippen molar-refractivity contribution in [3.05, 3.63) is 23.8 Å². The zero-order valence-electron chi connectivity index (χ0n) is 9.92. The second kappa shape index (κ2) is 6.06. The predicted molar refractivity (Wildman–Crippen MR) is 70.4 cm³/mol. The molecule has 0 unspecified atom stereocenters. The molecular weight excluding hydrogens is 202 g/mol. The molecule has 0 amide bonds. The molecule has 0 fully saturated rings. The Labute approximate surface area is 97.4 Å². The Kier molecular flexibility index (Phi) is 5.03. The molecule has 2 heteroatoms. The van der Waals surface area contributed by atoms with Crippen LogP contribution < -0.4 is 5.73 Å². The normalized spacial score (nSPS) is 10.9. The lowest BCUT2D eigenvalue weighted by Crippen LogP contribution is -1.90.